The summed E-state index contributed by atoms with van der Waals surface area (Å²) in [6.07, 6.45) is 6.47. The van der Waals surface area contributed by atoms with Crippen molar-refractivity contribution in [2.24, 2.45) is 0 Å². The summed E-state index contributed by atoms with van der Waals surface area (Å²) in [5.74, 6) is -0.140. The van der Waals surface area contributed by atoms with E-state index in [-0.39, 0.29) is 12.5 Å². The van der Waals surface area contributed by atoms with Crippen LogP contribution in [0.15, 0.2) is 18.2 Å². The van der Waals surface area contributed by atoms with Gasteiger partial charge < -0.3 is 19.5 Å². The molecule has 0 heterocycles. The number of nitrogens with one attached hydrogen (secondary N) is 1. The first-order valence-corrected chi connectivity index (χ1v) is 10.5. The van der Waals surface area contributed by atoms with Crippen molar-refractivity contribution in [3.63, 3.8) is 0 Å². The fourth-order valence-corrected chi connectivity index (χ4v) is 3.57. The highest BCUT2D eigenvalue weighted by molar-refractivity contribution is 5.99. The molecule has 1 N–H and O–H groups in total. The van der Waals surface area contributed by atoms with Crippen LogP contribution in [0.2, 0.25) is 0 Å². The van der Waals surface area contributed by atoms with E-state index in [1.54, 1.807) is 25.1 Å². The van der Waals surface area contributed by atoms with Crippen molar-refractivity contribution in [2.45, 2.75) is 71.3 Å². The van der Waals surface area contributed by atoms with Crippen LogP contribution >= 0.6 is 0 Å². The fourth-order valence-electron chi connectivity index (χ4n) is 3.57. The van der Waals surface area contributed by atoms with Crippen LogP contribution in [-0.2, 0) is 14.3 Å². The van der Waals surface area contributed by atoms with Gasteiger partial charge in [0, 0.05) is 12.3 Å². The van der Waals surface area contributed by atoms with Gasteiger partial charge in [-0.05, 0) is 51.3 Å². The van der Waals surface area contributed by atoms with E-state index in [4.69, 9.17) is 14.2 Å². The van der Waals surface area contributed by atoms with Crippen LogP contribution in [0.4, 0.5) is 5.69 Å². The largest absolute Gasteiger partial charge is 0.493 e. The van der Waals surface area contributed by atoms with Crippen molar-refractivity contribution in [1.82, 2.24) is 0 Å². The lowest BCUT2D eigenvalue weighted by Crippen LogP contribution is -2.45. The molecule has 1 aromatic rings. The van der Waals surface area contributed by atoms with Gasteiger partial charge in [0.2, 0.25) is 0 Å². The summed E-state index contributed by atoms with van der Waals surface area (Å²) in [5, 5.41) is 2.96. The SMILES string of the molecule is CCCOc1ccc(NC(=O)C2(OCC)CCCCCC2)cc1C(=O)OCC. The molecule has 0 saturated heterocycles. The van der Waals surface area contributed by atoms with E-state index >= 15 is 0 Å². The first-order chi connectivity index (χ1) is 13.6. The minimum absolute atomic E-state index is 0.145. The molecule has 0 radical (unpaired) electrons. The van der Waals surface area contributed by atoms with Crippen LogP contribution in [0.1, 0.15) is 76.1 Å². The summed E-state index contributed by atoms with van der Waals surface area (Å²) >= 11 is 0. The molecule has 0 bridgehead atoms. The van der Waals surface area contributed by atoms with Crippen molar-refractivity contribution in [1.29, 1.82) is 0 Å². The van der Waals surface area contributed by atoms with Crippen LogP contribution in [0.25, 0.3) is 0 Å². The Labute approximate surface area is 167 Å². The quantitative estimate of drug-likeness (QED) is 0.487. The lowest BCUT2D eigenvalue weighted by atomic mass is 9.92. The molecule has 0 unspecified atom stereocenters. The molecule has 1 aliphatic rings. The molecule has 1 fully saturated rings. The van der Waals surface area contributed by atoms with Gasteiger partial charge in [0.1, 0.15) is 16.9 Å². The van der Waals surface area contributed by atoms with E-state index in [2.05, 4.69) is 5.32 Å². The third kappa shape index (κ3) is 5.71. The van der Waals surface area contributed by atoms with Gasteiger partial charge in [0.05, 0.1) is 13.2 Å². The van der Waals surface area contributed by atoms with Crippen LogP contribution < -0.4 is 10.1 Å². The molecule has 0 aromatic heterocycles. The molecular formula is C22H33NO5. The van der Waals surface area contributed by atoms with Crippen LogP contribution in [0.5, 0.6) is 5.75 Å². The number of benzene rings is 1. The van der Waals surface area contributed by atoms with E-state index in [0.717, 1.165) is 44.9 Å². The first-order valence-electron chi connectivity index (χ1n) is 10.5. The average Bonchev–Trinajstić information content (AvgIpc) is 2.94. The normalized spacial score (nSPS) is 16.1. The molecule has 1 aliphatic carbocycles. The third-order valence-electron chi connectivity index (χ3n) is 4.94. The lowest BCUT2D eigenvalue weighted by molar-refractivity contribution is -0.143. The second-order valence-corrected chi connectivity index (χ2v) is 7.08. The highest BCUT2D eigenvalue weighted by Crippen LogP contribution is 2.32. The van der Waals surface area contributed by atoms with E-state index in [0.29, 0.717) is 30.2 Å². The second kappa shape index (κ2) is 11.1. The van der Waals surface area contributed by atoms with Crippen molar-refractivity contribution >= 4 is 17.6 Å². The molecule has 0 spiro atoms. The van der Waals surface area contributed by atoms with E-state index < -0.39 is 11.6 Å². The zero-order chi connectivity index (χ0) is 20.4. The molecule has 28 heavy (non-hydrogen) atoms. The van der Waals surface area contributed by atoms with Crippen molar-refractivity contribution in [2.75, 3.05) is 25.1 Å². The Morgan fingerprint density at radius 2 is 1.75 bits per heavy atom. The van der Waals surface area contributed by atoms with E-state index in [1.165, 1.54) is 0 Å². The number of esters is 1. The maximum absolute atomic E-state index is 13.1. The number of rotatable bonds is 9. The Morgan fingerprint density at radius 1 is 1.04 bits per heavy atom. The van der Waals surface area contributed by atoms with Gasteiger partial charge in [-0.3, -0.25) is 4.79 Å². The molecule has 6 heteroatoms. The summed E-state index contributed by atoms with van der Waals surface area (Å²) in [7, 11) is 0. The van der Waals surface area contributed by atoms with Crippen LogP contribution in [0, 0.1) is 0 Å². The average molecular weight is 392 g/mol. The Hall–Kier alpha value is -2.08. The van der Waals surface area contributed by atoms with Gasteiger partial charge in [-0.25, -0.2) is 4.79 Å². The predicted octanol–water partition coefficient (Wildman–Crippen LogP) is 4.72. The third-order valence-corrected chi connectivity index (χ3v) is 4.94. The van der Waals surface area contributed by atoms with Gasteiger partial charge in [-0.15, -0.1) is 0 Å². The minimum atomic E-state index is -0.799. The van der Waals surface area contributed by atoms with Gasteiger partial charge in [0.25, 0.3) is 5.91 Å². The van der Waals surface area contributed by atoms with Crippen molar-refractivity contribution in [3.8, 4) is 5.75 Å². The molecule has 156 valence electrons. The van der Waals surface area contributed by atoms with E-state index in [1.807, 2.05) is 13.8 Å². The molecule has 0 aliphatic heterocycles. The minimum Gasteiger partial charge on any atom is -0.493 e. The zero-order valence-corrected chi connectivity index (χ0v) is 17.3. The summed E-state index contributed by atoms with van der Waals surface area (Å²) < 4.78 is 16.8. The number of amides is 1. The smallest absolute Gasteiger partial charge is 0.341 e. The maximum atomic E-state index is 13.1. The molecule has 1 saturated carbocycles. The van der Waals surface area contributed by atoms with Crippen molar-refractivity contribution in [3.05, 3.63) is 23.8 Å². The predicted molar refractivity (Wildman–Crippen MR) is 109 cm³/mol. The Morgan fingerprint density at radius 3 is 2.36 bits per heavy atom. The Kier molecular flexibility index (Phi) is 8.77. The highest BCUT2D eigenvalue weighted by Gasteiger charge is 2.39. The molecular weight excluding hydrogens is 358 g/mol. The number of hydrogen-bond acceptors (Lipinski definition) is 5. The topological polar surface area (TPSA) is 73.9 Å². The number of carbonyl (C=O) groups is 2. The number of anilines is 1. The number of ether oxygens (including phenoxy) is 3. The standard InChI is InChI=1S/C22H33NO5/c1-4-15-27-19-12-11-17(16-18(19)20(24)26-5-2)23-21(25)22(28-6-3)13-9-7-8-10-14-22/h11-12,16H,4-10,13-15H2,1-3H3,(H,23,25). The summed E-state index contributed by atoms with van der Waals surface area (Å²) in [5.41, 5.74) is 0.0619. The van der Waals surface area contributed by atoms with Gasteiger partial charge in [-0.1, -0.05) is 32.6 Å². The van der Waals surface area contributed by atoms with Gasteiger partial charge >= 0.3 is 5.97 Å². The Balaban J connectivity index is 2.24. The fraction of sp³-hybridized carbons (Fsp3) is 0.636. The second-order valence-electron chi connectivity index (χ2n) is 7.08. The first kappa shape index (κ1) is 22.2. The van der Waals surface area contributed by atoms with E-state index in [9.17, 15) is 9.59 Å². The van der Waals surface area contributed by atoms with Crippen LogP contribution in [0.3, 0.4) is 0 Å². The maximum Gasteiger partial charge on any atom is 0.341 e. The summed E-state index contributed by atoms with van der Waals surface area (Å²) in [6, 6.07) is 5.08. The molecule has 1 amide bonds. The van der Waals surface area contributed by atoms with Crippen LogP contribution in [-0.4, -0.2) is 37.3 Å². The van der Waals surface area contributed by atoms with Crippen molar-refractivity contribution < 1.29 is 23.8 Å². The highest BCUT2D eigenvalue weighted by atomic mass is 16.5. The summed E-state index contributed by atoms with van der Waals surface area (Å²) in [6.45, 7) is 6.94. The molecule has 1 aromatic carbocycles. The zero-order valence-electron chi connectivity index (χ0n) is 17.3. The molecule has 6 nitrogen and oxygen atoms in total. The molecule has 0 atom stereocenters. The lowest BCUT2D eigenvalue weighted by Gasteiger charge is -2.31. The number of hydrogen-bond donors (Lipinski definition) is 1. The summed E-state index contributed by atoms with van der Waals surface area (Å²) in [4.78, 5) is 25.5. The van der Waals surface area contributed by atoms with Gasteiger partial charge in [-0.2, -0.15) is 0 Å². The van der Waals surface area contributed by atoms with Gasteiger partial charge in [0.15, 0.2) is 0 Å². The monoisotopic (exact) mass is 391 g/mol. The number of carbonyl (C=O) groups excluding carboxylic acids is 2. The Bertz CT molecular complexity index is 650. The molecule has 2 rings (SSSR count).